The summed E-state index contributed by atoms with van der Waals surface area (Å²) >= 11 is 0. The van der Waals surface area contributed by atoms with Gasteiger partial charge >= 0.3 is 18.3 Å². The van der Waals surface area contributed by atoms with Crippen molar-refractivity contribution in [3.63, 3.8) is 0 Å². The van der Waals surface area contributed by atoms with Crippen LogP contribution in [0.4, 0.5) is 32.0 Å². The Morgan fingerprint density at radius 1 is 0.839 bits per heavy atom. The molecule has 2 rings (SSSR count). The number of ether oxygens (including phenoxy) is 2. The van der Waals surface area contributed by atoms with Crippen LogP contribution in [0.2, 0.25) is 0 Å². The van der Waals surface area contributed by atoms with E-state index in [2.05, 4.69) is 5.32 Å². The second-order valence-electron chi connectivity index (χ2n) is 6.11. The van der Waals surface area contributed by atoms with Crippen LogP contribution in [0.25, 0.3) is 0 Å². The topological polar surface area (TPSA) is 64.6 Å². The molecule has 0 aliphatic heterocycles. The van der Waals surface area contributed by atoms with Crippen LogP contribution in [0.5, 0.6) is 5.75 Å². The summed E-state index contributed by atoms with van der Waals surface area (Å²) in [7, 11) is 0. The van der Waals surface area contributed by atoms with Crippen molar-refractivity contribution in [2.24, 2.45) is 0 Å². The number of rotatable bonds is 6. The van der Waals surface area contributed by atoms with Crippen LogP contribution in [-0.4, -0.2) is 25.1 Å². The smallest absolute Gasteiger partial charge is 0.416 e. The van der Waals surface area contributed by atoms with E-state index in [1.165, 1.54) is 18.2 Å². The first-order valence-electron chi connectivity index (χ1n) is 8.91. The number of alkyl halides is 6. The molecular weight excluding hydrogens is 432 g/mol. The Bertz CT molecular complexity index is 937. The van der Waals surface area contributed by atoms with Gasteiger partial charge < -0.3 is 14.8 Å². The number of anilines is 1. The molecule has 11 heteroatoms. The zero-order valence-corrected chi connectivity index (χ0v) is 16.3. The SMILES string of the molecule is CCOC(=O)c1ccc(NC(=O)c2cc(C(F)(F)F)cc(C(F)(F)F)c2)c(OCC)c1. The minimum Gasteiger partial charge on any atom is -0.492 e. The summed E-state index contributed by atoms with van der Waals surface area (Å²) in [5.41, 5.74) is -4.04. The predicted molar refractivity (Wildman–Crippen MR) is 98.0 cm³/mol. The summed E-state index contributed by atoms with van der Waals surface area (Å²) in [5.74, 6) is -1.90. The summed E-state index contributed by atoms with van der Waals surface area (Å²) in [5, 5.41) is 2.22. The zero-order chi connectivity index (χ0) is 23.4. The fraction of sp³-hybridized carbons (Fsp3) is 0.300. The maximum absolute atomic E-state index is 13.0. The highest BCUT2D eigenvalue weighted by molar-refractivity contribution is 6.05. The highest BCUT2D eigenvalue weighted by Gasteiger charge is 2.37. The molecule has 0 spiro atoms. The molecule has 0 atom stereocenters. The van der Waals surface area contributed by atoms with Crippen molar-refractivity contribution in [2.45, 2.75) is 26.2 Å². The average molecular weight is 449 g/mol. The first-order valence-corrected chi connectivity index (χ1v) is 8.91. The van der Waals surface area contributed by atoms with E-state index in [-0.39, 0.29) is 36.3 Å². The van der Waals surface area contributed by atoms with Gasteiger partial charge in [-0.1, -0.05) is 0 Å². The van der Waals surface area contributed by atoms with Crippen molar-refractivity contribution in [1.82, 2.24) is 0 Å². The fourth-order valence-corrected chi connectivity index (χ4v) is 2.52. The lowest BCUT2D eigenvalue weighted by Gasteiger charge is -2.16. The Kier molecular flexibility index (Phi) is 7.19. The molecule has 0 radical (unpaired) electrons. The average Bonchev–Trinajstić information content (AvgIpc) is 2.68. The molecule has 0 saturated carbocycles. The number of esters is 1. The van der Waals surface area contributed by atoms with Gasteiger partial charge in [-0.2, -0.15) is 26.3 Å². The highest BCUT2D eigenvalue weighted by Crippen LogP contribution is 2.36. The summed E-state index contributed by atoms with van der Waals surface area (Å²) in [6.45, 7) is 3.42. The lowest BCUT2D eigenvalue weighted by Crippen LogP contribution is -2.18. The third-order valence-corrected chi connectivity index (χ3v) is 3.89. The first-order chi connectivity index (χ1) is 14.4. The van der Waals surface area contributed by atoms with E-state index in [0.717, 1.165) is 0 Å². The van der Waals surface area contributed by atoms with E-state index >= 15 is 0 Å². The first kappa shape index (κ1) is 24.0. The Morgan fingerprint density at radius 2 is 1.42 bits per heavy atom. The number of nitrogens with one attached hydrogen (secondary N) is 1. The summed E-state index contributed by atoms with van der Waals surface area (Å²) in [4.78, 5) is 24.3. The molecule has 0 aliphatic carbocycles. The van der Waals surface area contributed by atoms with Gasteiger partial charge in [0.2, 0.25) is 0 Å². The Morgan fingerprint density at radius 3 is 1.90 bits per heavy atom. The molecule has 0 heterocycles. The van der Waals surface area contributed by atoms with Crippen LogP contribution >= 0.6 is 0 Å². The van der Waals surface area contributed by atoms with Crippen LogP contribution < -0.4 is 10.1 Å². The quantitative estimate of drug-likeness (QED) is 0.464. The number of carbonyl (C=O) groups is 2. The van der Waals surface area contributed by atoms with Crippen molar-refractivity contribution in [3.05, 3.63) is 58.7 Å². The van der Waals surface area contributed by atoms with Crippen LogP contribution in [0.15, 0.2) is 36.4 Å². The monoisotopic (exact) mass is 449 g/mol. The number of benzene rings is 2. The Hall–Kier alpha value is -3.24. The lowest BCUT2D eigenvalue weighted by molar-refractivity contribution is -0.143. The van der Waals surface area contributed by atoms with E-state index in [0.29, 0.717) is 12.1 Å². The van der Waals surface area contributed by atoms with Gasteiger partial charge in [-0.05, 0) is 50.2 Å². The Labute approximate surface area is 173 Å². The second-order valence-corrected chi connectivity index (χ2v) is 6.11. The molecule has 5 nitrogen and oxygen atoms in total. The normalized spacial score (nSPS) is 11.7. The number of hydrogen-bond donors (Lipinski definition) is 1. The standard InChI is InChI=1S/C20H17F6NO4/c1-3-30-16-9-11(18(29)31-4-2)5-6-15(16)27-17(28)12-7-13(19(21,22)23)10-14(8-12)20(24,25)26/h5-10H,3-4H2,1-2H3,(H,27,28). The minimum absolute atomic E-state index is 0.00979. The molecule has 168 valence electrons. The van der Waals surface area contributed by atoms with Gasteiger partial charge in [-0.3, -0.25) is 4.79 Å². The van der Waals surface area contributed by atoms with E-state index in [4.69, 9.17) is 9.47 Å². The van der Waals surface area contributed by atoms with Crippen LogP contribution in [0.3, 0.4) is 0 Å². The maximum Gasteiger partial charge on any atom is 0.416 e. The lowest BCUT2D eigenvalue weighted by atomic mass is 10.0. The predicted octanol–water partition coefficient (Wildman–Crippen LogP) is 5.55. The molecule has 2 aromatic rings. The van der Waals surface area contributed by atoms with Crippen molar-refractivity contribution in [3.8, 4) is 5.75 Å². The molecule has 0 bridgehead atoms. The summed E-state index contributed by atoms with van der Waals surface area (Å²) in [6.07, 6.45) is -10.2. The maximum atomic E-state index is 13.0. The van der Waals surface area contributed by atoms with E-state index in [1.807, 2.05) is 0 Å². The second kappa shape index (κ2) is 9.27. The number of carbonyl (C=O) groups excluding carboxylic acids is 2. The number of halogens is 6. The minimum atomic E-state index is -5.09. The molecule has 1 N–H and O–H groups in total. The van der Waals surface area contributed by atoms with Gasteiger partial charge in [0.15, 0.2) is 0 Å². The molecule has 0 saturated heterocycles. The van der Waals surface area contributed by atoms with Crippen molar-refractivity contribution in [2.75, 3.05) is 18.5 Å². The van der Waals surface area contributed by atoms with Gasteiger partial charge in [0.1, 0.15) is 5.75 Å². The molecule has 1 amide bonds. The molecule has 0 aromatic heterocycles. The van der Waals surface area contributed by atoms with Crippen LogP contribution in [-0.2, 0) is 17.1 Å². The largest absolute Gasteiger partial charge is 0.492 e. The Balaban J connectivity index is 2.43. The third-order valence-electron chi connectivity index (χ3n) is 3.89. The number of hydrogen-bond acceptors (Lipinski definition) is 4. The molecule has 0 unspecified atom stereocenters. The molecule has 31 heavy (non-hydrogen) atoms. The third kappa shape index (κ3) is 6.12. The van der Waals surface area contributed by atoms with Crippen LogP contribution in [0, 0.1) is 0 Å². The van der Waals surface area contributed by atoms with Crippen LogP contribution in [0.1, 0.15) is 45.7 Å². The molecule has 0 aliphatic rings. The van der Waals surface area contributed by atoms with Crippen molar-refractivity contribution < 1.29 is 45.4 Å². The fourth-order valence-electron chi connectivity index (χ4n) is 2.52. The molecule has 0 fully saturated rings. The van der Waals surface area contributed by atoms with Gasteiger partial charge in [0, 0.05) is 5.56 Å². The van der Waals surface area contributed by atoms with Crippen molar-refractivity contribution in [1.29, 1.82) is 0 Å². The van der Waals surface area contributed by atoms with E-state index in [1.54, 1.807) is 13.8 Å². The summed E-state index contributed by atoms with van der Waals surface area (Å²) < 4.78 is 88.2. The van der Waals surface area contributed by atoms with E-state index < -0.39 is 40.9 Å². The summed E-state index contributed by atoms with van der Waals surface area (Å²) in [6, 6.07) is 4.30. The molecule has 2 aromatic carbocycles. The highest BCUT2D eigenvalue weighted by atomic mass is 19.4. The van der Waals surface area contributed by atoms with Gasteiger partial charge in [0.25, 0.3) is 5.91 Å². The van der Waals surface area contributed by atoms with Gasteiger partial charge in [0.05, 0.1) is 35.6 Å². The van der Waals surface area contributed by atoms with Gasteiger partial charge in [-0.15, -0.1) is 0 Å². The molecular formula is C20H17F6NO4. The van der Waals surface area contributed by atoms with Gasteiger partial charge in [-0.25, -0.2) is 4.79 Å². The number of amides is 1. The van der Waals surface area contributed by atoms with Crippen molar-refractivity contribution >= 4 is 17.6 Å². The van der Waals surface area contributed by atoms with E-state index in [9.17, 15) is 35.9 Å². The zero-order valence-electron chi connectivity index (χ0n) is 16.3.